The zero-order valence-corrected chi connectivity index (χ0v) is 19.1. The minimum Gasteiger partial charge on any atom is -0.341 e. The number of aryl methyl sites for hydroxylation is 1. The highest BCUT2D eigenvalue weighted by Gasteiger charge is 2.27. The number of carbonyl (C=O) groups is 1. The van der Waals surface area contributed by atoms with Crippen LogP contribution in [0.4, 0.5) is 11.4 Å². The van der Waals surface area contributed by atoms with E-state index in [1.165, 1.54) is 14.1 Å². The standard InChI is InChI=1S/C24H26N4O3S/c1-4-27-22-13-9-8-12-20(22)21-16-18(14-15-23(21)27)25-24(29)17-28(32(30,31)26(2)3)19-10-6-5-7-11-19/h5-16H,4,17H2,1-3H3,(H,25,29). The number of para-hydroxylation sites is 2. The molecule has 8 heteroatoms. The van der Waals surface area contributed by atoms with Crippen molar-refractivity contribution in [3.05, 3.63) is 72.8 Å². The van der Waals surface area contributed by atoms with Crippen molar-refractivity contribution in [2.24, 2.45) is 0 Å². The highest BCUT2D eigenvalue weighted by atomic mass is 32.2. The molecule has 0 fully saturated rings. The Balaban J connectivity index is 1.65. The molecule has 1 heterocycles. The van der Waals surface area contributed by atoms with Crippen LogP contribution in [0, 0.1) is 0 Å². The van der Waals surface area contributed by atoms with Gasteiger partial charge in [-0.1, -0.05) is 36.4 Å². The monoisotopic (exact) mass is 450 g/mol. The summed E-state index contributed by atoms with van der Waals surface area (Å²) in [6.07, 6.45) is 0. The number of rotatable bonds is 7. The third-order valence-electron chi connectivity index (χ3n) is 5.44. The molecule has 32 heavy (non-hydrogen) atoms. The molecule has 7 nitrogen and oxygen atoms in total. The molecule has 4 aromatic rings. The van der Waals surface area contributed by atoms with Crippen LogP contribution in [0.15, 0.2) is 72.8 Å². The Hall–Kier alpha value is -3.36. The second-order valence-electron chi connectivity index (χ2n) is 7.67. The first kappa shape index (κ1) is 21.9. The van der Waals surface area contributed by atoms with Crippen LogP contribution in [0.2, 0.25) is 0 Å². The van der Waals surface area contributed by atoms with E-state index in [0.29, 0.717) is 11.4 Å². The Labute approximate surface area is 188 Å². The van der Waals surface area contributed by atoms with E-state index in [4.69, 9.17) is 0 Å². The molecular weight excluding hydrogens is 424 g/mol. The smallest absolute Gasteiger partial charge is 0.304 e. The highest BCUT2D eigenvalue weighted by molar-refractivity contribution is 7.90. The highest BCUT2D eigenvalue weighted by Crippen LogP contribution is 2.31. The predicted molar refractivity (Wildman–Crippen MR) is 130 cm³/mol. The van der Waals surface area contributed by atoms with Gasteiger partial charge in [-0.15, -0.1) is 0 Å². The Kier molecular flexibility index (Phi) is 5.90. The average molecular weight is 451 g/mol. The normalized spacial score (nSPS) is 11.9. The summed E-state index contributed by atoms with van der Waals surface area (Å²) >= 11 is 0. The van der Waals surface area contributed by atoms with Gasteiger partial charge in [-0.05, 0) is 43.3 Å². The third-order valence-corrected chi connectivity index (χ3v) is 7.26. The van der Waals surface area contributed by atoms with Gasteiger partial charge in [-0.25, -0.2) is 4.31 Å². The van der Waals surface area contributed by atoms with Crippen molar-refractivity contribution in [1.82, 2.24) is 8.87 Å². The van der Waals surface area contributed by atoms with Gasteiger partial charge in [0.2, 0.25) is 5.91 Å². The predicted octanol–water partition coefficient (Wildman–Crippen LogP) is 4.07. The van der Waals surface area contributed by atoms with Crippen LogP contribution in [0.25, 0.3) is 21.8 Å². The van der Waals surface area contributed by atoms with Crippen LogP contribution in [0.5, 0.6) is 0 Å². The number of aromatic nitrogens is 1. The van der Waals surface area contributed by atoms with E-state index in [1.54, 1.807) is 30.3 Å². The SMILES string of the molecule is CCn1c2ccccc2c2cc(NC(=O)CN(c3ccccc3)S(=O)(=O)N(C)C)ccc21. The van der Waals surface area contributed by atoms with Crippen LogP contribution in [0.1, 0.15) is 6.92 Å². The lowest BCUT2D eigenvalue weighted by molar-refractivity contribution is -0.114. The number of nitrogens with zero attached hydrogens (tertiary/aromatic N) is 3. The summed E-state index contributed by atoms with van der Waals surface area (Å²) in [7, 11) is -0.950. The third kappa shape index (κ3) is 3.94. The number of hydrogen-bond acceptors (Lipinski definition) is 3. The quantitative estimate of drug-likeness (QED) is 0.461. The summed E-state index contributed by atoms with van der Waals surface area (Å²) in [5, 5.41) is 5.02. The van der Waals surface area contributed by atoms with Crippen LogP contribution < -0.4 is 9.62 Å². The minimum atomic E-state index is -3.84. The molecule has 1 amide bonds. The molecule has 3 aromatic carbocycles. The zero-order valence-electron chi connectivity index (χ0n) is 18.3. The van der Waals surface area contributed by atoms with E-state index < -0.39 is 16.1 Å². The van der Waals surface area contributed by atoms with Crippen LogP contribution in [0.3, 0.4) is 0 Å². The molecule has 1 N–H and O–H groups in total. The fourth-order valence-electron chi connectivity index (χ4n) is 3.90. The minimum absolute atomic E-state index is 0.334. The molecule has 0 atom stereocenters. The van der Waals surface area contributed by atoms with Crippen molar-refractivity contribution < 1.29 is 13.2 Å². The van der Waals surface area contributed by atoms with Gasteiger partial charge in [-0.3, -0.25) is 4.79 Å². The molecular formula is C24H26N4O3S. The number of hydrogen-bond donors (Lipinski definition) is 1. The van der Waals surface area contributed by atoms with Gasteiger partial charge in [0, 0.05) is 48.1 Å². The molecule has 0 unspecified atom stereocenters. The molecule has 0 spiro atoms. The Morgan fingerprint density at radius 1 is 0.906 bits per heavy atom. The van der Waals surface area contributed by atoms with Gasteiger partial charge < -0.3 is 9.88 Å². The lowest BCUT2D eigenvalue weighted by Gasteiger charge is -2.26. The van der Waals surface area contributed by atoms with Crippen molar-refractivity contribution in [2.45, 2.75) is 13.5 Å². The number of nitrogens with one attached hydrogen (secondary N) is 1. The second kappa shape index (κ2) is 8.64. The number of benzene rings is 3. The number of amides is 1. The summed E-state index contributed by atoms with van der Waals surface area (Å²) in [5.74, 6) is -0.419. The van der Waals surface area contributed by atoms with E-state index in [9.17, 15) is 13.2 Å². The van der Waals surface area contributed by atoms with Crippen molar-refractivity contribution in [3.8, 4) is 0 Å². The van der Waals surface area contributed by atoms with E-state index >= 15 is 0 Å². The molecule has 0 aliphatic heterocycles. The van der Waals surface area contributed by atoms with E-state index in [2.05, 4.69) is 28.9 Å². The lowest BCUT2D eigenvalue weighted by Crippen LogP contribution is -2.44. The Morgan fingerprint density at radius 2 is 1.56 bits per heavy atom. The Morgan fingerprint density at radius 3 is 2.25 bits per heavy atom. The van der Waals surface area contributed by atoms with E-state index in [0.717, 1.165) is 37.0 Å². The molecule has 0 saturated carbocycles. The van der Waals surface area contributed by atoms with E-state index in [-0.39, 0.29) is 6.54 Å². The summed E-state index contributed by atoms with van der Waals surface area (Å²) < 4.78 is 30.1. The van der Waals surface area contributed by atoms with Gasteiger partial charge in [0.25, 0.3) is 0 Å². The molecule has 0 aliphatic carbocycles. The van der Waals surface area contributed by atoms with Gasteiger partial charge in [0.1, 0.15) is 6.54 Å². The zero-order chi connectivity index (χ0) is 22.9. The molecule has 0 aliphatic rings. The maximum absolute atomic E-state index is 12.9. The molecule has 166 valence electrons. The maximum atomic E-state index is 12.9. The Bertz CT molecular complexity index is 1380. The van der Waals surface area contributed by atoms with Crippen molar-refractivity contribution >= 4 is 49.3 Å². The molecule has 0 radical (unpaired) electrons. The van der Waals surface area contributed by atoms with Gasteiger partial charge in [-0.2, -0.15) is 12.7 Å². The summed E-state index contributed by atoms with van der Waals surface area (Å²) in [6, 6.07) is 22.5. The summed E-state index contributed by atoms with van der Waals surface area (Å²) in [6.45, 7) is 2.61. The van der Waals surface area contributed by atoms with Crippen LogP contribution in [-0.2, 0) is 21.5 Å². The lowest BCUT2D eigenvalue weighted by atomic mass is 10.1. The summed E-state index contributed by atoms with van der Waals surface area (Å²) in [4.78, 5) is 12.9. The van der Waals surface area contributed by atoms with Gasteiger partial charge in [0.05, 0.1) is 5.69 Å². The first-order chi connectivity index (χ1) is 15.3. The van der Waals surface area contributed by atoms with Crippen molar-refractivity contribution in [1.29, 1.82) is 0 Å². The number of fused-ring (bicyclic) bond motifs is 3. The number of anilines is 2. The molecule has 1 aromatic heterocycles. The number of carbonyl (C=O) groups excluding carboxylic acids is 1. The van der Waals surface area contributed by atoms with Crippen molar-refractivity contribution in [2.75, 3.05) is 30.3 Å². The summed E-state index contributed by atoms with van der Waals surface area (Å²) in [5.41, 5.74) is 3.28. The second-order valence-corrected chi connectivity index (χ2v) is 9.74. The van der Waals surface area contributed by atoms with Crippen LogP contribution >= 0.6 is 0 Å². The van der Waals surface area contributed by atoms with Crippen LogP contribution in [-0.4, -0.2) is 43.8 Å². The van der Waals surface area contributed by atoms with Gasteiger partial charge >= 0.3 is 10.2 Å². The first-order valence-electron chi connectivity index (χ1n) is 10.4. The fourth-order valence-corrected chi connectivity index (χ4v) is 4.96. The van der Waals surface area contributed by atoms with Crippen molar-refractivity contribution in [3.63, 3.8) is 0 Å². The molecule has 0 saturated heterocycles. The van der Waals surface area contributed by atoms with E-state index in [1.807, 2.05) is 30.3 Å². The molecule has 4 rings (SSSR count). The topological polar surface area (TPSA) is 74.6 Å². The first-order valence-corrected chi connectivity index (χ1v) is 11.8. The van der Waals surface area contributed by atoms with Gasteiger partial charge in [0.15, 0.2) is 0 Å². The largest absolute Gasteiger partial charge is 0.341 e. The molecule has 0 bridgehead atoms. The fraction of sp³-hybridized carbons (Fsp3) is 0.208. The average Bonchev–Trinajstić information content (AvgIpc) is 3.11. The maximum Gasteiger partial charge on any atom is 0.304 e.